The summed E-state index contributed by atoms with van der Waals surface area (Å²) in [5.41, 5.74) is 1.94. The lowest BCUT2D eigenvalue weighted by Gasteiger charge is -2.22. The maximum absolute atomic E-state index is 12.3. The van der Waals surface area contributed by atoms with Gasteiger partial charge in [0.1, 0.15) is 6.54 Å². The summed E-state index contributed by atoms with van der Waals surface area (Å²) in [5, 5.41) is 3.19. The van der Waals surface area contributed by atoms with Crippen LogP contribution < -0.4 is 9.62 Å². The molecule has 0 spiro atoms. The van der Waals surface area contributed by atoms with Gasteiger partial charge in [-0.15, -0.1) is 0 Å². The molecule has 2 aromatic carbocycles. The number of nitrogens with one attached hydrogen (secondary N) is 1. The average Bonchev–Trinajstić information content (AvgIpc) is 2.49. The molecule has 0 saturated heterocycles. The number of carbonyl (C=O) groups excluding carboxylic acids is 1. The van der Waals surface area contributed by atoms with Gasteiger partial charge >= 0.3 is 0 Å². The van der Waals surface area contributed by atoms with Gasteiger partial charge < -0.3 is 5.32 Å². The molecule has 1 amide bonds. The van der Waals surface area contributed by atoms with Gasteiger partial charge in [0.25, 0.3) is 0 Å². The lowest BCUT2D eigenvalue weighted by atomic mass is 10.2. The number of amides is 1. The standard InChI is InChI=1S/C16H16BrClN2O3S/c1-11-9-13(5-8-15(11)17)19-16(21)10-20(24(2,22)23)14-6-3-12(18)4-7-14/h3-9H,10H2,1-2H3,(H,19,21). The highest BCUT2D eigenvalue weighted by Crippen LogP contribution is 2.22. The molecule has 0 aliphatic carbocycles. The second kappa shape index (κ2) is 7.55. The molecular weight excluding hydrogens is 416 g/mol. The lowest BCUT2D eigenvalue weighted by molar-refractivity contribution is -0.114. The number of hydrogen-bond donors (Lipinski definition) is 1. The van der Waals surface area contributed by atoms with Crippen molar-refractivity contribution >= 4 is 54.8 Å². The van der Waals surface area contributed by atoms with E-state index in [2.05, 4.69) is 21.2 Å². The fraction of sp³-hybridized carbons (Fsp3) is 0.188. The zero-order chi connectivity index (χ0) is 17.9. The third kappa shape index (κ3) is 4.96. The van der Waals surface area contributed by atoms with Gasteiger partial charge in [0.15, 0.2) is 0 Å². The normalized spacial score (nSPS) is 11.2. The molecule has 1 N–H and O–H groups in total. The molecule has 0 fully saturated rings. The van der Waals surface area contributed by atoms with Gasteiger partial charge in [-0.3, -0.25) is 9.10 Å². The molecule has 5 nitrogen and oxygen atoms in total. The van der Waals surface area contributed by atoms with E-state index in [1.54, 1.807) is 36.4 Å². The Balaban J connectivity index is 2.18. The van der Waals surface area contributed by atoms with E-state index in [0.29, 0.717) is 16.4 Å². The van der Waals surface area contributed by atoms with Crippen LogP contribution in [0.5, 0.6) is 0 Å². The van der Waals surface area contributed by atoms with Crippen molar-refractivity contribution < 1.29 is 13.2 Å². The molecular formula is C16H16BrClN2O3S. The minimum atomic E-state index is -3.61. The first-order valence-electron chi connectivity index (χ1n) is 6.96. The fourth-order valence-corrected chi connectivity index (χ4v) is 3.29. The minimum absolute atomic E-state index is 0.324. The predicted molar refractivity (Wildman–Crippen MR) is 101 cm³/mol. The van der Waals surface area contributed by atoms with Gasteiger partial charge in [-0.1, -0.05) is 27.5 Å². The van der Waals surface area contributed by atoms with Crippen molar-refractivity contribution in [3.8, 4) is 0 Å². The molecule has 0 aliphatic heterocycles. The van der Waals surface area contributed by atoms with Crippen molar-refractivity contribution in [1.82, 2.24) is 0 Å². The van der Waals surface area contributed by atoms with Crippen molar-refractivity contribution in [3.63, 3.8) is 0 Å². The zero-order valence-electron chi connectivity index (χ0n) is 13.1. The number of aryl methyl sites for hydroxylation is 1. The van der Waals surface area contributed by atoms with Crippen LogP contribution in [0.2, 0.25) is 5.02 Å². The van der Waals surface area contributed by atoms with Crippen molar-refractivity contribution in [2.24, 2.45) is 0 Å². The smallest absolute Gasteiger partial charge is 0.245 e. The molecule has 8 heteroatoms. The number of nitrogens with zero attached hydrogens (tertiary/aromatic N) is 1. The number of halogens is 2. The Morgan fingerprint density at radius 1 is 1.21 bits per heavy atom. The number of hydrogen-bond acceptors (Lipinski definition) is 3. The maximum atomic E-state index is 12.3. The van der Waals surface area contributed by atoms with Gasteiger partial charge in [-0.25, -0.2) is 8.42 Å². The van der Waals surface area contributed by atoms with E-state index in [1.807, 2.05) is 13.0 Å². The van der Waals surface area contributed by atoms with Gasteiger partial charge in [-0.05, 0) is 55.0 Å². The fourth-order valence-electron chi connectivity index (χ4n) is 2.06. The summed E-state index contributed by atoms with van der Waals surface area (Å²) in [5.74, 6) is -0.433. The number of rotatable bonds is 5. The highest BCUT2D eigenvalue weighted by Gasteiger charge is 2.21. The molecule has 24 heavy (non-hydrogen) atoms. The van der Waals surface area contributed by atoms with E-state index in [4.69, 9.17) is 11.6 Å². The number of carbonyl (C=O) groups is 1. The van der Waals surface area contributed by atoms with Crippen LogP contribution in [0.15, 0.2) is 46.9 Å². The van der Waals surface area contributed by atoms with Crippen LogP contribution in [0.3, 0.4) is 0 Å². The summed E-state index contributed by atoms with van der Waals surface area (Å²) in [6.07, 6.45) is 1.05. The Hall–Kier alpha value is -1.57. The summed E-state index contributed by atoms with van der Waals surface area (Å²) < 4.78 is 26.0. The van der Waals surface area contributed by atoms with Crippen LogP contribution in [-0.4, -0.2) is 27.1 Å². The van der Waals surface area contributed by atoms with Crippen molar-refractivity contribution in [1.29, 1.82) is 0 Å². The Morgan fingerprint density at radius 2 is 1.83 bits per heavy atom. The zero-order valence-corrected chi connectivity index (χ0v) is 16.2. The van der Waals surface area contributed by atoms with E-state index < -0.39 is 15.9 Å². The molecule has 0 heterocycles. The Labute approximate surface area is 154 Å². The van der Waals surface area contributed by atoms with Crippen molar-refractivity contribution in [3.05, 3.63) is 57.5 Å². The summed E-state index contributed by atoms with van der Waals surface area (Å²) in [4.78, 5) is 12.3. The summed E-state index contributed by atoms with van der Waals surface area (Å²) in [6.45, 7) is 1.58. The Morgan fingerprint density at radius 3 is 2.38 bits per heavy atom. The number of anilines is 2. The lowest BCUT2D eigenvalue weighted by Crippen LogP contribution is -2.37. The van der Waals surface area contributed by atoms with E-state index in [1.165, 1.54) is 0 Å². The molecule has 0 aliphatic rings. The predicted octanol–water partition coefficient (Wildman–Crippen LogP) is 3.82. The molecule has 0 unspecified atom stereocenters. The maximum Gasteiger partial charge on any atom is 0.245 e. The van der Waals surface area contributed by atoms with Gasteiger partial charge in [0.05, 0.1) is 11.9 Å². The monoisotopic (exact) mass is 430 g/mol. The first kappa shape index (κ1) is 18.8. The SMILES string of the molecule is Cc1cc(NC(=O)CN(c2ccc(Cl)cc2)S(C)(=O)=O)ccc1Br. The molecule has 0 bridgehead atoms. The van der Waals surface area contributed by atoms with Crippen LogP contribution >= 0.6 is 27.5 Å². The Kier molecular flexibility index (Phi) is 5.90. The molecule has 0 aromatic heterocycles. The van der Waals surface area contributed by atoms with E-state index in [-0.39, 0.29) is 6.54 Å². The minimum Gasteiger partial charge on any atom is -0.325 e. The number of sulfonamides is 1. The third-order valence-electron chi connectivity index (χ3n) is 3.24. The molecule has 0 atom stereocenters. The molecule has 2 aromatic rings. The van der Waals surface area contributed by atoms with Gasteiger partial charge in [0.2, 0.25) is 15.9 Å². The summed E-state index contributed by atoms with van der Waals surface area (Å²) >= 11 is 9.21. The molecule has 2 rings (SSSR count). The van der Waals surface area contributed by atoms with Gasteiger partial charge in [0, 0.05) is 15.2 Å². The van der Waals surface area contributed by atoms with E-state index in [0.717, 1.165) is 20.6 Å². The second-order valence-corrected chi connectivity index (χ2v) is 8.46. The van der Waals surface area contributed by atoms with Crippen LogP contribution in [0.1, 0.15) is 5.56 Å². The first-order valence-corrected chi connectivity index (χ1v) is 9.98. The van der Waals surface area contributed by atoms with E-state index >= 15 is 0 Å². The van der Waals surface area contributed by atoms with E-state index in [9.17, 15) is 13.2 Å². The van der Waals surface area contributed by atoms with Crippen LogP contribution in [0.4, 0.5) is 11.4 Å². The van der Waals surface area contributed by atoms with Crippen LogP contribution in [-0.2, 0) is 14.8 Å². The topological polar surface area (TPSA) is 66.5 Å². The average molecular weight is 432 g/mol. The first-order chi connectivity index (χ1) is 11.2. The largest absolute Gasteiger partial charge is 0.325 e. The Bertz CT molecular complexity index is 854. The molecule has 0 saturated carbocycles. The highest BCUT2D eigenvalue weighted by atomic mass is 79.9. The number of benzene rings is 2. The second-order valence-electron chi connectivity index (χ2n) is 5.26. The van der Waals surface area contributed by atoms with Gasteiger partial charge in [-0.2, -0.15) is 0 Å². The van der Waals surface area contributed by atoms with Crippen molar-refractivity contribution in [2.45, 2.75) is 6.92 Å². The van der Waals surface area contributed by atoms with Crippen molar-refractivity contribution in [2.75, 3.05) is 22.4 Å². The van der Waals surface area contributed by atoms with Crippen LogP contribution in [0, 0.1) is 6.92 Å². The summed E-state index contributed by atoms with van der Waals surface area (Å²) in [7, 11) is -3.61. The quantitative estimate of drug-likeness (QED) is 0.783. The third-order valence-corrected chi connectivity index (χ3v) is 5.53. The highest BCUT2D eigenvalue weighted by molar-refractivity contribution is 9.10. The summed E-state index contributed by atoms with van der Waals surface area (Å²) in [6, 6.07) is 11.6. The molecule has 128 valence electrons. The van der Waals surface area contributed by atoms with Crippen LogP contribution in [0.25, 0.3) is 0 Å². The molecule has 0 radical (unpaired) electrons.